The molecule has 1 aromatic heterocycles. The summed E-state index contributed by atoms with van der Waals surface area (Å²) in [5.41, 5.74) is 4.06. The van der Waals surface area contributed by atoms with Gasteiger partial charge in [-0.15, -0.1) is 0 Å². The van der Waals surface area contributed by atoms with Crippen molar-refractivity contribution < 1.29 is 13.9 Å². The van der Waals surface area contributed by atoms with Crippen LogP contribution in [0.15, 0.2) is 72.8 Å². The monoisotopic (exact) mass is 463 g/mol. The molecule has 0 bridgehead atoms. The third-order valence-corrected chi connectivity index (χ3v) is 5.59. The molecule has 1 amide bonds. The molecule has 0 aliphatic rings. The van der Waals surface area contributed by atoms with Crippen LogP contribution < -0.4 is 10.1 Å². The molecule has 3 aromatic carbocycles. The molecule has 4 aromatic rings. The van der Waals surface area contributed by atoms with Gasteiger partial charge in [0.1, 0.15) is 18.2 Å². The fourth-order valence-corrected chi connectivity index (χ4v) is 3.58. The van der Waals surface area contributed by atoms with Crippen LogP contribution in [0.4, 0.5) is 10.1 Å². The molecule has 0 saturated carbocycles. The number of carbonyl (C=O) groups excluding carboxylic acids is 1. The Balaban J connectivity index is 1.41. The van der Waals surface area contributed by atoms with Crippen molar-refractivity contribution in [3.8, 4) is 5.75 Å². The van der Waals surface area contributed by atoms with Crippen molar-refractivity contribution in [2.45, 2.75) is 27.0 Å². The van der Waals surface area contributed by atoms with E-state index in [4.69, 9.17) is 16.3 Å². The Morgan fingerprint density at radius 1 is 1.03 bits per heavy atom. The fourth-order valence-electron chi connectivity index (χ4n) is 3.46. The summed E-state index contributed by atoms with van der Waals surface area (Å²) in [6.07, 6.45) is 0. The van der Waals surface area contributed by atoms with Crippen LogP contribution in [0.2, 0.25) is 5.02 Å². The number of hydrogen-bond donors (Lipinski definition) is 1. The Morgan fingerprint density at radius 3 is 2.42 bits per heavy atom. The highest BCUT2D eigenvalue weighted by Crippen LogP contribution is 2.22. The molecule has 33 heavy (non-hydrogen) atoms. The molecule has 0 aliphatic carbocycles. The van der Waals surface area contributed by atoms with Crippen molar-refractivity contribution >= 4 is 23.2 Å². The third kappa shape index (κ3) is 5.41. The van der Waals surface area contributed by atoms with Gasteiger partial charge in [-0.25, -0.2) is 4.39 Å². The summed E-state index contributed by atoms with van der Waals surface area (Å²) in [6.45, 7) is 4.34. The first-order valence-electron chi connectivity index (χ1n) is 10.5. The number of aromatic nitrogens is 2. The van der Waals surface area contributed by atoms with Crippen LogP contribution >= 0.6 is 11.6 Å². The molecule has 168 valence electrons. The summed E-state index contributed by atoms with van der Waals surface area (Å²) in [5.74, 6) is 0.201. The molecule has 0 saturated heterocycles. The first kappa shape index (κ1) is 22.6. The van der Waals surface area contributed by atoms with Gasteiger partial charge in [-0.1, -0.05) is 41.9 Å². The van der Waals surface area contributed by atoms with Gasteiger partial charge in [-0.3, -0.25) is 9.48 Å². The van der Waals surface area contributed by atoms with E-state index in [0.717, 1.165) is 17.0 Å². The summed E-state index contributed by atoms with van der Waals surface area (Å²) in [7, 11) is 0. The van der Waals surface area contributed by atoms with E-state index in [0.29, 0.717) is 34.1 Å². The van der Waals surface area contributed by atoms with Crippen LogP contribution in [0.25, 0.3) is 0 Å². The minimum atomic E-state index is -0.282. The number of carbonyl (C=O) groups is 1. The standard InChI is InChI=1S/C26H23ClFN3O2/c1-17-25(18(2)31(30-17)15-21-5-3-4-6-24(21)28)29-26(32)20-9-7-19(8-10-20)16-33-23-13-11-22(27)12-14-23/h3-14H,15-16H2,1-2H3,(H,29,32). The van der Waals surface area contributed by atoms with Gasteiger partial charge >= 0.3 is 0 Å². The lowest BCUT2D eigenvalue weighted by atomic mass is 10.1. The number of hydrogen-bond acceptors (Lipinski definition) is 3. The number of ether oxygens (including phenoxy) is 1. The van der Waals surface area contributed by atoms with E-state index in [2.05, 4.69) is 10.4 Å². The van der Waals surface area contributed by atoms with Crippen LogP contribution in [0.1, 0.15) is 32.9 Å². The molecule has 0 radical (unpaired) electrons. The highest BCUT2D eigenvalue weighted by atomic mass is 35.5. The molecule has 0 spiro atoms. The molecule has 1 heterocycles. The van der Waals surface area contributed by atoms with Crippen LogP contribution in [0.3, 0.4) is 0 Å². The van der Waals surface area contributed by atoms with Crippen molar-refractivity contribution in [2.24, 2.45) is 0 Å². The van der Waals surface area contributed by atoms with E-state index in [-0.39, 0.29) is 18.3 Å². The van der Waals surface area contributed by atoms with Crippen molar-refractivity contribution in [3.63, 3.8) is 0 Å². The van der Waals surface area contributed by atoms with Crippen LogP contribution in [-0.2, 0) is 13.2 Å². The maximum absolute atomic E-state index is 14.0. The van der Waals surface area contributed by atoms with Gasteiger partial charge in [0.05, 0.1) is 23.6 Å². The van der Waals surface area contributed by atoms with Gasteiger partial charge in [0.2, 0.25) is 0 Å². The lowest BCUT2D eigenvalue weighted by molar-refractivity contribution is 0.102. The van der Waals surface area contributed by atoms with Gasteiger partial charge in [0, 0.05) is 16.1 Å². The topological polar surface area (TPSA) is 56.2 Å². The van der Waals surface area contributed by atoms with Gasteiger partial charge in [-0.05, 0) is 61.9 Å². The Hall–Kier alpha value is -3.64. The molecule has 0 unspecified atom stereocenters. The molecule has 0 fully saturated rings. The molecular weight excluding hydrogens is 441 g/mol. The molecule has 0 aliphatic heterocycles. The Morgan fingerprint density at radius 2 is 1.73 bits per heavy atom. The summed E-state index contributed by atoms with van der Waals surface area (Å²) < 4.78 is 21.5. The van der Waals surface area contributed by atoms with E-state index in [1.54, 1.807) is 59.3 Å². The number of benzene rings is 3. The molecule has 1 N–H and O–H groups in total. The zero-order valence-electron chi connectivity index (χ0n) is 18.3. The number of amides is 1. The molecule has 4 rings (SSSR count). The third-order valence-electron chi connectivity index (χ3n) is 5.33. The van der Waals surface area contributed by atoms with E-state index in [9.17, 15) is 9.18 Å². The quantitative estimate of drug-likeness (QED) is 0.356. The van der Waals surface area contributed by atoms with Crippen molar-refractivity contribution in [1.82, 2.24) is 9.78 Å². The smallest absolute Gasteiger partial charge is 0.255 e. The average Bonchev–Trinajstić information content (AvgIpc) is 3.08. The number of nitrogens with one attached hydrogen (secondary N) is 1. The number of halogens is 2. The average molecular weight is 464 g/mol. The first-order chi connectivity index (χ1) is 15.9. The highest BCUT2D eigenvalue weighted by molar-refractivity contribution is 6.30. The second-order valence-corrected chi connectivity index (χ2v) is 8.12. The van der Waals surface area contributed by atoms with Crippen LogP contribution in [0.5, 0.6) is 5.75 Å². The molecule has 5 nitrogen and oxygen atoms in total. The minimum absolute atomic E-state index is 0.239. The Labute approximate surface area is 196 Å². The van der Waals surface area contributed by atoms with Crippen LogP contribution in [-0.4, -0.2) is 15.7 Å². The van der Waals surface area contributed by atoms with E-state index < -0.39 is 0 Å². The highest BCUT2D eigenvalue weighted by Gasteiger charge is 2.16. The van der Waals surface area contributed by atoms with Crippen molar-refractivity contribution in [2.75, 3.05) is 5.32 Å². The summed E-state index contributed by atoms with van der Waals surface area (Å²) in [4.78, 5) is 12.8. The van der Waals surface area contributed by atoms with E-state index >= 15 is 0 Å². The lowest BCUT2D eigenvalue weighted by Gasteiger charge is -2.09. The predicted molar refractivity (Wildman–Crippen MR) is 127 cm³/mol. The maximum Gasteiger partial charge on any atom is 0.255 e. The Kier molecular flexibility index (Phi) is 6.75. The van der Waals surface area contributed by atoms with E-state index in [1.165, 1.54) is 6.07 Å². The number of rotatable bonds is 7. The van der Waals surface area contributed by atoms with Gasteiger partial charge in [0.25, 0.3) is 5.91 Å². The second-order valence-electron chi connectivity index (χ2n) is 7.69. The second kappa shape index (κ2) is 9.88. The SMILES string of the molecule is Cc1nn(Cc2ccccc2F)c(C)c1NC(=O)c1ccc(COc2ccc(Cl)cc2)cc1. The number of anilines is 1. The van der Waals surface area contributed by atoms with Gasteiger partial charge < -0.3 is 10.1 Å². The predicted octanol–water partition coefficient (Wildman–Crippen LogP) is 6.17. The zero-order chi connectivity index (χ0) is 23.4. The number of nitrogens with zero attached hydrogens (tertiary/aromatic N) is 2. The van der Waals surface area contributed by atoms with E-state index in [1.807, 2.05) is 26.0 Å². The van der Waals surface area contributed by atoms with Crippen molar-refractivity contribution in [3.05, 3.63) is 112 Å². The maximum atomic E-state index is 14.0. The lowest BCUT2D eigenvalue weighted by Crippen LogP contribution is -2.13. The molecule has 7 heteroatoms. The largest absolute Gasteiger partial charge is 0.489 e. The van der Waals surface area contributed by atoms with Crippen molar-refractivity contribution in [1.29, 1.82) is 0 Å². The number of aryl methyl sites for hydroxylation is 1. The zero-order valence-corrected chi connectivity index (χ0v) is 19.1. The molecular formula is C26H23ClFN3O2. The van der Waals surface area contributed by atoms with Gasteiger partial charge in [-0.2, -0.15) is 5.10 Å². The summed E-state index contributed by atoms with van der Waals surface area (Å²) in [6, 6.07) is 21.0. The first-order valence-corrected chi connectivity index (χ1v) is 10.8. The normalized spacial score (nSPS) is 10.8. The van der Waals surface area contributed by atoms with Crippen LogP contribution in [0, 0.1) is 19.7 Å². The fraction of sp³-hybridized carbons (Fsp3) is 0.154. The summed E-state index contributed by atoms with van der Waals surface area (Å²) in [5, 5.41) is 8.07. The summed E-state index contributed by atoms with van der Waals surface area (Å²) >= 11 is 5.88. The minimum Gasteiger partial charge on any atom is -0.489 e. The van der Waals surface area contributed by atoms with Gasteiger partial charge in [0.15, 0.2) is 0 Å². The molecule has 0 atom stereocenters. The Bertz CT molecular complexity index is 1270.